The number of carbonyl (C=O) groups is 1. The highest BCUT2D eigenvalue weighted by atomic mass is 16.5. The van der Waals surface area contributed by atoms with Crippen LogP contribution in [-0.2, 0) is 9.53 Å². The van der Waals surface area contributed by atoms with Crippen molar-refractivity contribution in [2.45, 2.75) is 20.8 Å². The Morgan fingerprint density at radius 2 is 1.85 bits per heavy atom. The van der Waals surface area contributed by atoms with Gasteiger partial charge in [0.25, 0.3) is 0 Å². The van der Waals surface area contributed by atoms with Gasteiger partial charge < -0.3 is 9.64 Å². The van der Waals surface area contributed by atoms with Gasteiger partial charge >= 0.3 is 5.97 Å². The molecule has 0 saturated heterocycles. The Morgan fingerprint density at radius 1 is 1.25 bits per heavy atom. The average molecular weight is 272 g/mol. The molecule has 1 aromatic carbocycles. The van der Waals surface area contributed by atoms with Crippen molar-refractivity contribution in [3.05, 3.63) is 41.1 Å². The van der Waals surface area contributed by atoms with Crippen LogP contribution >= 0.6 is 0 Å². The van der Waals surface area contributed by atoms with E-state index in [0.29, 0.717) is 17.9 Å². The third kappa shape index (κ3) is 4.13. The van der Waals surface area contributed by atoms with E-state index >= 15 is 0 Å². The SMILES string of the molecule is CCOC(=O)/C(=C\c1ccc(C#N)cc1)N(CC)CC. The molecule has 0 amide bonds. The Labute approximate surface area is 120 Å². The molecule has 4 heteroatoms. The predicted octanol–water partition coefficient (Wildman–Crippen LogP) is 2.80. The Bertz CT molecular complexity index is 508. The number of benzene rings is 1. The highest BCUT2D eigenvalue weighted by molar-refractivity contribution is 5.93. The molecular weight excluding hydrogens is 252 g/mol. The maximum Gasteiger partial charge on any atom is 0.354 e. The topological polar surface area (TPSA) is 53.3 Å². The van der Waals surface area contributed by atoms with E-state index in [1.165, 1.54) is 0 Å². The molecule has 20 heavy (non-hydrogen) atoms. The van der Waals surface area contributed by atoms with Crippen molar-refractivity contribution >= 4 is 12.0 Å². The Morgan fingerprint density at radius 3 is 2.30 bits per heavy atom. The Hall–Kier alpha value is -2.28. The minimum absolute atomic E-state index is 0.319. The summed E-state index contributed by atoms with van der Waals surface area (Å²) in [5, 5.41) is 8.79. The molecule has 0 spiro atoms. The van der Waals surface area contributed by atoms with Crippen LogP contribution in [0, 0.1) is 11.3 Å². The van der Waals surface area contributed by atoms with Crippen molar-refractivity contribution in [3.63, 3.8) is 0 Å². The van der Waals surface area contributed by atoms with Gasteiger partial charge in [0.05, 0.1) is 18.2 Å². The summed E-state index contributed by atoms with van der Waals surface area (Å²) < 4.78 is 5.10. The molecule has 1 rings (SSSR count). The van der Waals surface area contributed by atoms with Gasteiger partial charge in [-0.15, -0.1) is 0 Å². The largest absolute Gasteiger partial charge is 0.461 e. The van der Waals surface area contributed by atoms with Crippen molar-refractivity contribution in [3.8, 4) is 6.07 Å². The maximum absolute atomic E-state index is 12.0. The van der Waals surface area contributed by atoms with Crippen molar-refractivity contribution in [2.75, 3.05) is 19.7 Å². The van der Waals surface area contributed by atoms with Crippen LogP contribution in [0.25, 0.3) is 6.08 Å². The summed E-state index contributed by atoms with van der Waals surface area (Å²) in [6.45, 7) is 7.60. The van der Waals surface area contributed by atoms with Crippen molar-refractivity contribution in [1.82, 2.24) is 4.90 Å². The van der Waals surface area contributed by atoms with Crippen LogP contribution in [0.3, 0.4) is 0 Å². The molecule has 0 aliphatic carbocycles. The lowest BCUT2D eigenvalue weighted by atomic mass is 10.1. The summed E-state index contributed by atoms with van der Waals surface area (Å²) >= 11 is 0. The summed E-state index contributed by atoms with van der Waals surface area (Å²) in [4.78, 5) is 14.0. The van der Waals surface area contributed by atoms with E-state index in [2.05, 4.69) is 6.07 Å². The van der Waals surface area contributed by atoms with Crippen LogP contribution in [0.2, 0.25) is 0 Å². The molecule has 0 fully saturated rings. The van der Waals surface area contributed by atoms with Crippen LogP contribution in [-0.4, -0.2) is 30.6 Å². The maximum atomic E-state index is 12.0. The zero-order chi connectivity index (χ0) is 15.0. The van der Waals surface area contributed by atoms with Gasteiger partial charge in [-0.25, -0.2) is 4.79 Å². The summed E-state index contributed by atoms with van der Waals surface area (Å²) in [5.74, 6) is -0.319. The number of nitriles is 1. The molecule has 0 aliphatic rings. The third-order valence-electron chi connectivity index (χ3n) is 2.93. The lowest BCUT2D eigenvalue weighted by Gasteiger charge is -2.22. The van der Waals surface area contributed by atoms with E-state index in [0.717, 1.165) is 18.7 Å². The first-order chi connectivity index (χ1) is 9.65. The Balaban J connectivity index is 3.10. The number of ether oxygens (including phenoxy) is 1. The highest BCUT2D eigenvalue weighted by Gasteiger charge is 2.16. The monoisotopic (exact) mass is 272 g/mol. The van der Waals surface area contributed by atoms with E-state index in [-0.39, 0.29) is 5.97 Å². The quantitative estimate of drug-likeness (QED) is 0.590. The number of esters is 1. The van der Waals surface area contributed by atoms with E-state index in [1.54, 1.807) is 25.1 Å². The zero-order valence-electron chi connectivity index (χ0n) is 12.2. The minimum Gasteiger partial charge on any atom is -0.461 e. The number of hydrogen-bond acceptors (Lipinski definition) is 4. The van der Waals surface area contributed by atoms with Crippen molar-refractivity contribution < 1.29 is 9.53 Å². The van der Waals surface area contributed by atoms with Gasteiger partial charge in [0, 0.05) is 13.1 Å². The smallest absolute Gasteiger partial charge is 0.354 e. The normalized spacial score (nSPS) is 10.8. The number of likely N-dealkylation sites (N-methyl/N-ethyl adjacent to an activating group) is 1. The average Bonchev–Trinajstić information content (AvgIpc) is 2.48. The second-order valence-electron chi connectivity index (χ2n) is 4.16. The second kappa shape index (κ2) is 8.00. The van der Waals surface area contributed by atoms with E-state index in [1.807, 2.05) is 30.9 Å². The molecular formula is C16H20N2O2. The molecule has 4 nitrogen and oxygen atoms in total. The molecule has 0 aliphatic heterocycles. The fourth-order valence-electron chi connectivity index (χ4n) is 1.86. The summed E-state index contributed by atoms with van der Waals surface area (Å²) in [6, 6.07) is 9.18. The van der Waals surface area contributed by atoms with E-state index in [4.69, 9.17) is 10.00 Å². The summed E-state index contributed by atoms with van der Waals surface area (Å²) in [7, 11) is 0. The van der Waals surface area contributed by atoms with Gasteiger partial charge in [0.15, 0.2) is 0 Å². The van der Waals surface area contributed by atoms with Gasteiger partial charge in [-0.3, -0.25) is 0 Å². The van der Waals surface area contributed by atoms with Gasteiger partial charge in [0.1, 0.15) is 5.70 Å². The standard InChI is InChI=1S/C16H20N2O2/c1-4-18(5-2)15(16(19)20-6-3)11-13-7-9-14(12-17)10-8-13/h7-11H,4-6H2,1-3H3/b15-11+. The molecule has 106 valence electrons. The highest BCUT2D eigenvalue weighted by Crippen LogP contribution is 2.13. The van der Waals surface area contributed by atoms with Gasteiger partial charge in [-0.05, 0) is 44.5 Å². The van der Waals surface area contributed by atoms with Crippen LogP contribution in [0.1, 0.15) is 31.9 Å². The van der Waals surface area contributed by atoms with Gasteiger partial charge in [-0.2, -0.15) is 5.26 Å². The number of nitrogens with zero attached hydrogens (tertiary/aromatic N) is 2. The molecule has 0 bridgehead atoms. The summed E-state index contributed by atoms with van der Waals surface area (Å²) in [5.41, 5.74) is 2.02. The second-order valence-corrected chi connectivity index (χ2v) is 4.16. The lowest BCUT2D eigenvalue weighted by molar-refractivity contribution is -0.140. The van der Waals surface area contributed by atoms with Crippen LogP contribution in [0.5, 0.6) is 0 Å². The third-order valence-corrected chi connectivity index (χ3v) is 2.93. The first kappa shape index (κ1) is 15.8. The summed E-state index contributed by atoms with van der Waals surface area (Å²) in [6.07, 6.45) is 1.80. The predicted molar refractivity (Wildman–Crippen MR) is 78.7 cm³/mol. The van der Waals surface area contributed by atoms with Crippen molar-refractivity contribution in [1.29, 1.82) is 5.26 Å². The van der Waals surface area contributed by atoms with E-state index in [9.17, 15) is 4.79 Å². The van der Waals surface area contributed by atoms with Crippen LogP contribution < -0.4 is 0 Å². The van der Waals surface area contributed by atoms with Gasteiger partial charge in [0.2, 0.25) is 0 Å². The first-order valence-corrected chi connectivity index (χ1v) is 6.80. The lowest BCUT2D eigenvalue weighted by Crippen LogP contribution is -2.28. The minimum atomic E-state index is -0.319. The van der Waals surface area contributed by atoms with Crippen LogP contribution in [0.4, 0.5) is 0 Å². The number of rotatable bonds is 6. The van der Waals surface area contributed by atoms with E-state index < -0.39 is 0 Å². The molecule has 0 heterocycles. The van der Waals surface area contributed by atoms with Gasteiger partial charge in [-0.1, -0.05) is 12.1 Å². The van der Waals surface area contributed by atoms with Crippen LogP contribution in [0.15, 0.2) is 30.0 Å². The van der Waals surface area contributed by atoms with Crippen molar-refractivity contribution in [2.24, 2.45) is 0 Å². The fraction of sp³-hybridized carbons (Fsp3) is 0.375. The molecule has 0 saturated carbocycles. The Kier molecular flexibility index (Phi) is 6.31. The molecule has 0 radical (unpaired) electrons. The molecule has 0 unspecified atom stereocenters. The number of carbonyl (C=O) groups excluding carboxylic acids is 1. The molecule has 0 atom stereocenters. The molecule has 0 N–H and O–H groups in total. The molecule has 1 aromatic rings. The number of hydrogen-bond donors (Lipinski definition) is 0. The first-order valence-electron chi connectivity index (χ1n) is 6.80. The fourth-order valence-corrected chi connectivity index (χ4v) is 1.86. The molecule has 0 aromatic heterocycles. The zero-order valence-corrected chi connectivity index (χ0v) is 12.2.